The molecule has 1 aromatic heterocycles. The fourth-order valence-corrected chi connectivity index (χ4v) is 3.63. The lowest BCUT2D eigenvalue weighted by Gasteiger charge is -2.35. The molecule has 4 rings (SSSR count). The number of piperazine rings is 1. The molecule has 166 valence electrons. The lowest BCUT2D eigenvalue weighted by Crippen LogP contribution is -2.50. The number of nitrogens with zero attached hydrogens (tertiary/aromatic N) is 4. The fraction of sp³-hybridized carbons (Fsp3) is 0.292. The predicted octanol–water partition coefficient (Wildman–Crippen LogP) is 3.21. The summed E-state index contributed by atoms with van der Waals surface area (Å²) in [5.41, 5.74) is 3.58. The molecule has 0 bridgehead atoms. The molecule has 1 saturated heterocycles. The van der Waals surface area contributed by atoms with Gasteiger partial charge in [0.05, 0.1) is 12.8 Å². The number of ether oxygens (including phenoxy) is 1. The number of methoxy groups -OCH3 is 1. The monoisotopic (exact) mass is 433 g/mol. The Balaban J connectivity index is 1.42. The zero-order chi connectivity index (χ0) is 22.7. The van der Waals surface area contributed by atoms with Gasteiger partial charge in [0.2, 0.25) is 0 Å². The van der Waals surface area contributed by atoms with Gasteiger partial charge in [-0.15, -0.1) is 5.10 Å². The number of hydrogen-bond acceptors (Lipinski definition) is 5. The summed E-state index contributed by atoms with van der Waals surface area (Å²) in [5, 5.41) is 7.51. The summed E-state index contributed by atoms with van der Waals surface area (Å²) in [4.78, 5) is 28.9. The topological polar surface area (TPSA) is 79.7 Å². The number of anilines is 2. The van der Waals surface area contributed by atoms with Gasteiger partial charge in [-0.2, -0.15) is 4.68 Å². The molecule has 0 saturated carbocycles. The van der Waals surface area contributed by atoms with Crippen LogP contribution in [0.25, 0.3) is 5.69 Å². The molecule has 1 aliphatic heterocycles. The highest BCUT2D eigenvalue weighted by Crippen LogP contribution is 2.18. The van der Waals surface area contributed by atoms with Crippen LogP contribution in [0, 0.1) is 13.8 Å². The van der Waals surface area contributed by atoms with E-state index >= 15 is 0 Å². The van der Waals surface area contributed by atoms with Crippen molar-refractivity contribution in [3.8, 4) is 11.4 Å². The smallest absolute Gasteiger partial charge is 0.321 e. The summed E-state index contributed by atoms with van der Waals surface area (Å²) in [5.74, 6) is 1.46. The van der Waals surface area contributed by atoms with E-state index < -0.39 is 0 Å². The Morgan fingerprint density at radius 1 is 0.938 bits per heavy atom. The van der Waals surface area contributed by atoms with Gasteiger partial charge in [-0.05, 0) is 67.4 Å². The molecular weight excluding hydrogens is 406 g/mol. The average Bonchev–Trinajstić information content (AvgIpc) is 2.82. The van der Waals surface area contributed by atoms with Crippen molar-refractivity contribution in [1.29, 1.82) is 0 Å². The minimum atomic E-state index is -0.172. The van der Waals surface area contributed by atoms with Crippen LogP contribution in [0.4, 0.5) is 16.3 Å². The summed E-state index contributed by atoms with van der Waals surface area (Å²) >= 11 is 0. The number of nitrogens with one attached hydrogen (secondary N) is 1. The number of aromatic nitrogens is 2. The zero-order valence-corrected chi connectivity index (χ0v) is 18.5. The van der Waals surface area contributed by atoms with Crippen molar-refractivity contribution in [2.45, 2.75) is 13.8 Å². The van der Waals surface area contributed by atoms with E-state index in [-0.39, 0.29) is 11.6 Å². The number of rotatable bonds is 4. The predicted molar refractivity (Wildman–Crippen MR) is 125 cm³/mol. The number of urea groups is 1. The number of aryl methyl sites for hydroxylation is 2. The van der Waals surface area contributed by atoms with Crippen LogP contribution in [-0.2, 0) is 0 Å². The maximum absolute atomic E-state index is 12.6. The van der Waals surface area contributed by atoms with Crippen LogP contribution in [-0.4, -0.2) is 54.0 Å². The number of hydrogen-bond donors (Lipinski definition) is 1. The van der Waals surface area contributed by atoms with Crippen LogP contribution in [0.1, 0.15) is 11.1 Å². The molecule has 3 aromatic rings. The minimum Gasteiger partial charge on any atom is -0.497 e. The van der Waals surface area contributed by atoms with Gasteiger partial charge in [0.25, 0.3) is 5.56 Å². The van der Waals surface area contributed by atoms with E-state index in [1.54, 1.807) is 24.1 Å². The maximum Gasteiger partial charge on any atom is 0.321 e. The summed E-state index contributed by atoms with van der Waals surface area (Å²) in [6, 6.07) is 16.3. The Morgan fingerprint density at radius 3 is 2.31 bits per heavy atom. The third kappa shape index (κ3) is 4.59. The van der Waals surface area contributed by atoms with Gasteiger partial charge in [-0.3, -0.25) is 4.79 Å². The molecule has 0 radical (unpaired) electrons. The Hall–Kier alpha value is -3.81. The lowest BCUT2D eigenvalue weighted by molar-refractivity contribution is 0.208. The van der Waals surface area contributed by atoms with Crippen LogP contribution < -0.4 is 20.5 Å². The lowest BCUT2D eigenvalue weighted by atomic mass is 10.1. The quantitative estimate of drug-likeness (QED) is 0.684. The molecule has 0 unspecified atom stereocenters. The SMILES string of the molecule is COc1ccc(NC(=O)N2CCN(c3ccc(=O)n(-c4ccc(C)c(C)c4)n3)CC2)cc1. The Morgan fingerprint density at radius 2 is 1.66 bits per heavy atom. The normalized spacial score (nSPS) is 13.7. The van der Waals surface area contributed by atoms with Crippen molar-refractivity contribution < 1.29 is 9.53 Å². The molecule has 0 aliphatic carbocycles. The van der Waals surface area contributed by atoms with E-state index in [2.05, 4.69) is 15.3 Å². The van der Waals surface area contributed by atoms with E-state index in [4.69, 9.17) is 4.74 Å². The number of amides is 2. The van der Waals surface area contributed by atoms with Crippen molar-refractivity contribution in [2.75, 3.05) is 43.5 Å². The fourth-order valence-electron chi connectivity index (χ4n) is 3.63. The summed E-state index contributed by atoms with van der Waals surface area (Å²) < 4.78 is 6.58. The van der Waals surface area contributed by atoms with Crippen molar-refractivity contribution in [3.05, 3.63) is 76.1 Å². The van der Waals surface area contributed by atoms with Gasteiger partial charge in [0, 0.05) is 37.9 Å². The second-order valence-corrected chi connectivity index (χ2v) is 7.84. The van der Waals surface area contributed by atoms with Crippen LogP contribution >= 0.6 is 0 Å². The molecule has 0 atom stereocenters. The first kappa shape index (κ1) is 21.4. The second kappa shape index (κ2) is 9.13. The largest absolute Gasteiger partial charge is 0.497 e. The van der Waals surface area contributed by atoms with Crippen molar-refractivity contribution in [2.24, 2.45) is 0 Å². The molecule has 32 heavy (non-hydrogen) atoms. The Bertz CT molecular complexity index is 1160. The first-order chi connectivity index (χ1) is 15.4. The van der Waals surface area contributed by atoms with Gasteiger partial charge in [0.15, 0.2) is 0 Å². The molecule has 0 spiro atoms. The molecule has 2 aromatic carbocycles. The summed E-state index contributed by atoms with van der Waals surface area (Å²) in [6.07, 6.45) is 0. The van der Waals surface area contributed by atoms with Crippen molar-refractivity contribution in [3.63, 3.8) is 0 Å². The van der Waals surface area contributed by atoms with E-state index in [0.29, 0.717) is 26.2 Å². The molecule has 8 heteroatoms. The summed E-state index contributed by atoms with van der Waals surface area (Å²) in [7, 11) is 1.61. The minimum absolute atomic E-state index is 0.136. The molecule has 2 heterocycles. The van der Waals surface area contributed by atoms with Crippen LogP contribution in [0.5, 0.6) is 5.75 Å². The van der Waals surface area contributed by atoms with E-state index in [9.17, 15) is 9.59 Å². The van der Waals surface area contributed by atoms with Crippen LogP contribution in [0.3, 0.4) is 0 Å². The van der Waals surface area contributed by atoms with E-state index in [1.165, 1.54) is 10.2 Å². The van der Waals surface area contributed by atoms with E-state index in [0.717, 1.165) is 28.5 Å². The molecule has 2 amide bonds. The molecule has 1 N–H and O–H groups in total. The van der Waals surface area contributed by atoms with E-state index in [1.807, 2.05) is 56.3 Å². The van der Waals surface area contributed by atoms with Crippen molar-refractivity contribution >= 4 is 17.5 Å². The first-order valence-corrected chi connectivity index (χ1v) is 10.6. The standard InChI is InChI=1S/C24H27N5O3/c1-17-4-7-20(16-18(17)2)29-23(30)11-10-22(26-29)27-12-14-28(15-13-27)24(31)25-19-5-8-21(32-3)9-6-19/h4-11,16H,12-15H2,1-3H3,(H,25,31). The number of carbonyl (C=O) groups is 1. The van der Waals surface area contributed by atoms with Gasteiger partial charge in [0.1, 0.15) is 11.6 Å². The van der Waals surface area contributed by atoms with Crippen LogP contribution in [0.2, 0.25) is 0 Å². The van der Waals surface area contributed by atoms with Gasteiger partial charge in [-0.25, -0.2) is 4.79 Å². The van der Waals surface area contributed by atoms with Crippen molar-refractivity contribution in [1.82, 2.24) is 14.7 Å². The molecule has 8 nitrogen and oxygen atoms in total. The first-order valence-electron chi connectivity index (χ1n) is 10.6. The third-order valence-corrected chi connectivity index (χ3v) is 5.75. The zero-order valence-electron chi connectivity index (χ0n) is 18.5. The van der Waals surface area contributed by atoms with Crippen LogP contribution in [0.15, 0.2) is 59.4 Å². The van der Waals surface area contributed by atoms with Gasteiger partial charge >= 0.3 is 6.03 Å². The van der Waals surface area contributed by atoms with Gasteiger partial charge < -0.3 is 19.9 Å². The Labute approximate surface area is 187 Å². The molecule has 1 fully saturated rings. The number of benzene rings is 2. The Kier molecular flexibility index (Phi) is 6.11. The highest BCUT2D eigenvalue weighted by Gasteiger charge is 2.22. The average molecular weight is 434 g/mol. The molecular formula is C24H27N5O3. The summed E-state index contributed by atoms with van der Waals surface area (Å²) in [6.45, 7) is 6.45. The number of carbonyl (C=O) groups excluding carboxylic acids is 1. The highest BCUT2D eigenvalue weighted by atomic mass is 16.5. The third-order valence-electron chi connectivity index (χ3n) is 5.75. The maximum atomic E-state index is 12.6. The molecule has 1 aliphatic rings. The van der Waals surface area contributed by atoms with Gasteiger partial charge in [-0.1, -0.05) is 6.07 Å². The highest BCUT2D eigenvalue weighted by molar-refractivity contribution is 5.89. The second-order valence-electron chi connectivity index (χ2n) is 7.84.